The Labute approximate surface area is 178 Å². The van der Waals surface area contributed by atoms with Crippen LogP contribution in [-0.2, 0) is 16.2 Å². The second-order valence-electron chi connectivity index (χ2n) is 7.17. The van der Waals surface area contributed by atoms with Gasteiger partial charge in [0.25, 0.3) is 0 Å². The fraction of sp³-hybridized carbons (Fsp3) is 0.350. The van der Waals surface area contributed by atoms with E-state index in [1.807, 2.05) is 25.1 Å². The molecule has 2 aliphatic rings. The number of nitro benzene ring substituents is 1. The number of oxime groups is 1. The highest BCUT2D eigenvalue weighted by atomic mass is 16.6. The maximum absolute atomic E-state index is 11.6. The number of nitro groups is 1. The van der Waals surface area contributed by atoms with Crippen molar-refractivity contribution in [3.8, 4) is 5.75 Å². The van der Waals surface area contributed by atoms with Crippen molar-refractivity contribution in [2.45, 2.75) is 32.9 Å². The number of nitrogens with zero attached hydrogens (tertiary/aromatic N) is 6. The lowest BCUT2D eigenvalue weighted by Gasteiger charge is -2.24. The number of anilines is 1. The number of benzene rings is 2. The van der Waals surface area contributed by atoms with Crippen LogP contribution in [0.1, 0.15) is 23.6 Å². The average Bonchev–Trinajstić information content (AvgIpc) is 3.55. The van der Waals surface area contributed by atoms with E-state index in [2.05, 4.69) is 15.6 Å². The fourth-order valence-electron chi connectivity index (χ4n) is 3.38. The molecule has 0 aromatic heterocycles. The normalized spacial score (nSPS) is 19.8. The monoisotopic (exact) mass is 426 g/mol. The van der Waals surface area contributed by atoms with Crippen molar-refractivity contribution < 1.29 is 19.2 Å². The van der Waals surface area contributed by atoms with Crippen molar-refractivity contribution in [3.05, 3.63) is 63.2 Å². The van der Waals surface area contributed by atoms with E-state index in [-0.39, 0.29) is 30.5 Å². The van der Waals surface area contributed by atoms with Gasteiger partial charge in [0.05, 0.1) is 16.3 Å². The lowest BCUT2D eigenvalue weighted by atomic mass is 10.1. The molecule has 2 heterocycles. The molecule has 0 radical (unpaired) electrons. The average molecular weight is 426 g/mol. The zero-order valence-electron chi connectivity index (χ0n) is 17.6. The third-order valence-electron chi connectivity index (χ3n) is 5.14. The smallest absolute Gasteiger partial charge is 0.311 e. The second-order valence-corrected chi connectivity index (χ2v) is 7.17. The van der Waals surface area contributed by atoms with Crippen molar-refractivity contribution in [3.63, 3.8) is 0 Å². The number of likely N-dealkylation sites (N-methyl/N-ethyl adjacent to an activating group) is 1. The quantitative estimate of drug-likeness (QED) is 0.287. The molecule has 2 aromatic rings. The van der Waals surface area contributed by atoms with Crippen LogP contribution in [0.2, 0.25) is 0 Å². The summed E-state index contributed by atoms with van der Waals surface area (Å²) >= 11 is 0. The Morgan fingerprint density at radius 1 is 1.29 bits per heavy atom. The summed E-state index contributed by atoms with van der Waals surface area (Å²) in [5.74, 6) is 0.161. The van der Waals surface area contributed by atoms with Crippen molar-refractivity contribution in [1.29, 1.82) is 0 Å². The molecule has 4 rings (SSSR count). The predicted octanol–water partition coefficient (Wildman–Crippen LogP) is 3.57. The van der Waals surface area contributed by atoms with Gasteiger partial charge in [0.15, 0.2) is 12.0 Å². The van der Waals surface area contributed by atoms with E-state index < -0.39 is 4.92 Å². The molecule has 2 atom stereocenters. The summed E-state index contributed by atoms with van der Waals surface area (Å²) in [5.41, 5.74) is 3.54. The van der Waals surface area contributed by atoms with Gasteiger partial charge in [-0.15, -0.1) is 0 Å². The maximum Gasteiger partial charge on any atom is 0.311 e. The molecule has 2 aliphatic heterocycles. The lowest BCUT2D eigenvalue weighted by Crippen LogP contribution is -2.32. The van der Waals surface area contributed by atoms with Gasteiger partial charge in [-0.2, -0.15) is 0 Å². The molecule has 11 nitrogen and oxygen atoms in total. The molecular weight excluding hydrogens is 404 g/mol. The summed E-state index contributed by atoms with van der Waals surface area (Å²) < 4.78 is 11.5. The number of hydrogen-bond donors (Lipinski definition) is 0. The molecule has 2 unspecified atom stereocenters. The van der Waals surface area contributed by atoms with Gasteiger partial charge in [0.2, 0.25) is 6.23 Å². The summed E-state index contributed by atoms with van der Waals surface area (Å²) in [7, 11) is 3.22. The van der Waals surface area contributed by atoms with Crippen LogP contribution < -0.4 is 9.75 Å². The molecule has 0 N–H and O–H groups in total. The van der Waals surface area contributed by atoms with Crippen molar-refractivity contribution in [2.75, 3.05) is 19.2 Å². The first-order valence-corrected chi connectivity index (χ1v) is 9.57. The van der Waals surface area contributed by atoms with Crippen LogP contribution in [0, 0.1) is 17.0 Å². The van der Waals surface area contributed by atoms with Crippen LogP contribution in [0.15, 0.2) is 52.0 Å². The van der Waals surface area contributed by atoms with Gasteiger partial charge in [-0.3, -0.25) is 10.1 Å². The van der Waals surface area contributed by atoms with Gasteiger partial charge in [-0.25, -0.2) is 10.0 Å². The largest absolute Gasteiger partial charge is 0.482 e. The van der Waals surface area contributed by atoms with Gasteiger partial charge in [0.1, 0.15) is 13.7 Å². The molecule has 2 aromatic carbocycles. The molecule has 11 heteroatoms. The minimum absolute atomic E-state index is 0.118. The number of rotatable bonds is 7. The Morgan fingerprint density at radius 2 is 2.10 bits per heavy atom. The molecule has 0 amide bonds. The zero-order valence-corrected chi connectivity index (χ0v) is 17.6. The highest BCUT2D eigenvalue weighted by Gasteiger charge is 2.51. The van der Waals surface area contributed by atoms with Gasteiger partial charge in [-0.1, -0.05) is 22.5 Å². The van der Waals surface area contributed by atoms with E-state index in [4.69, 9.17) is 14.3 Å². The molecule has 0 aliphatic carbocycles. The first-order valence-electron chi connectivity index (χ1n) is 9.57. The van der Waals surface area contributed by atoms with Crippen LogP contribution >= 0.6 is 0 Å². The van der Waals surface area contributed by atoms with Gasteiger partial charge in [0, 0.05) is 24.2 Å². The molecular formula is C20H22N6O5. The first-order chi connectivity index (χ1) is 14.9. The molecule has 31 heavy (non-hydrogen) atoms. The molecule has 0 spiro atoms. The summed E-state index contributed by atoms with van der Waals surface area (Å²) in [6.45, 7) is 3.77. The molecule has 162 valence electrons. The van der Waals surface area contributed by atoms with Gasteiger partial charge >= 0.3 is 5.69 Å². The Kier molecular flexibility index (Phi) is 5.42. The van der Waals surface area contributed by atoms with Crippen LogP contribution in [0.4, 0.5) is 11.4 Å². The van der Waals surface area contributed by atoms with Crippen LogP contribution in [-0.4, -0.2) is 42.3 Å². The van der Waals surface area contributed by atoms with Crippen molar-refractivity contribution in [1.82, 2.24) is 5.01 Å². The zero-order chi connectivity index (χ0) is 22.1. The summed E-state index contributed by atoms with van der Waals surface area (Å²) in [6.07, 6.45) is -0.364. The Balaban J connectivity index is 1.61. The maximum atomic E-state index is 11.6. The summed E-state index contributed by atoms with van der Waals surface area (Å²) in [4.78, 5) is 15.9. The van der Waals surface area contributed by atoms with Gasteiger partial charge in [-0.05, 0) is 42.8 Å². The Bertz CT molecular complexity index is 1070. The van der Waals surface area contributed by atoms with Crippen LogP contribution in [0.5, 0.6) is 5.75 Å². The fourth-order valence-corrected chi connectivity index (χ4v) is 3.38. The van der Waals surface area contributed by atoms with E-state index >= 15 is 0 Å². The van der Waals surface area contributed by atoms with E-state index in [0.29, 0.717) is 11.3 Å². The highest BCUT2D eigenvalue weighted by molar-refractivity contribution is 5.99. The Morgan fingerprint density at radius 3 is 2.84 bits per heavy atom. The van der Waals surface area contributed by atoms with E-state index in [1.54, 1.807) is 36.1 Å². The van der Waals surface area contributed by atoms with Crippen LogP contribution in [0.3, 0.4) is 0 Å². The minimum Gasteiger partial charge on any atom is -0.482 e. The van der Waals surface area contributed by atoms with Crippen LogP contribution in [0.25, 0.3) is 0 Å². The number of epoxide rings is 1. The Hall–Kier alpha value is -3.73. The standard InChI is InChI=1S/C20H22N6O5/c1-12-6-5-7-16(25-20-19(31-20)24(3)22-23-25)15(12)11-30-18-9-8-14(13(2)21-29-4)10-17(18)26(27)28/h5-10,19-20H,11H2,1-4H3/b21-13+. The lowest BCUT2D eigenvalue weighted by molar-refractivity contribution is -0.386. The summed E-state index contributed by atoms with van der Waals surface area (Å²) in [5, 5.41) is 27.1. The third-order valence-corrected chi connectivity index (χ3v) is 5.14. The third kappa shape index (κ3) is 3.99. The number of ether oxygens (including phenoxy) is 2. The van der Waals surface area contributed by atoms with Gasteiger partial charge < -0.3 is 14.3 Å². The molecule has 1 saturated heterocycles. The number of aryl methyl sites for hydroxylation is 1. The second kappa shape index (κ2) is 8.19. The first kappa shape index (κ1) is 20.5. The molecule has 1 fully saturated rings. The molecule has 0 saturated carbocycles. The predicted molar refractivity (Wildman–Crippen MR) is 112 cm³/mol. The number of fused-ring (bicyclic) bond motifs is 1. The SMILES string of the molecule is CO/N=C(\C)c1ccc(OCc2c(C)cccc2N2N=NN(C)C3OC32)c([N+](=O)[O-])c1. The van der Waals surface area contributed by atoms with E-state index in [1.165, 1.54) is 13.2 Å². The topological polar surface area (TPSA) is 118 Å². The van der Waals surface area contributed by atoms with E-state index in [0.717, 1.165) is 16.8 Å². The van der Waals surface area contributed by atoms with E-state index in [9.17, 15) is 10.1 Å². The minimum atomic E-state index is -0.477. The van der Waals surface area contributed by atoms with Crippen molar-refractivity contribution in [2.24, 2.45) is 15.6 Å². The number of hydrogen-bond acceptors (Lipinski definition) is 10. The summed E-state index contributed by atoms with van der Waals surface area (Å²) in [6, 6.07) is 10.4. The van der Waals surface area contributed by atoms with Crippen molar-refractivity contribution >= 4 is 17.1 Å². The molecule has 0 bridgehead atoms. The highest BCUT2D eigenvalue weighted by Crippen LogP contribution is 2.39.